The number of hydrogen-bond donors (Lipinski definition) is 0. The Morgan fingerprint density at radius 3 is 2.45 bits per heavy atom. The van der Waals surface area contributed by atoms with Gasteiger partial charge in [0.15, 0.2) is 4.34 Å². The molecule has 0 bridgehead atoms. The largest absolute Gasteiger partial charge is 0.288 e. The van der Waals surface area contributed by atoms with Crippen LogP contribution in [0.1, 0.15) is 44.6 Å². The van der Waals surface area contributed by atoms with Gasteiger partial charge >= 0.3 is 0 Å². The standard InChI is InChI=1S/C14H11NO3S2/c1-2-7-20(18)14-15-10-11(16)8-5-3-4-6-9(8)12(17)13(10)19-14/h3-6H,2,7H2,1H3. The molecule has 1 unspecified atom stereocenters. The molecule has 0 saturated heterocycles. The lowest BCUT2D eigenvalue weighted by atomic mass is 9.92. The Bertz CT molecular complexity index is 696. The highest BCUT2D eigenvalue weighted by Gasteiger charge is 2.33. The van der Waals surface area contributed by atoms with Gasteiger partial charge in [0.05, 0.1) is 10.8 Å². The SMILES string of the molecule is CCCS(=O)c1nc2c(s1)C(=O)c1ccccc1C2=O. The first-order valence-corrected chi connectivity index (χ1v) is 8.34. The fraction of sp³-hybridized carbons (Fsp3) is 0.214. The monoisotopic (exact) mass is 305 g/mol. The van der Waals surface area contributed by atoms with Gasteiger partial charge in [0.2, 0.25) is 11.6 Å². The molecule has 102 valence electrons. The van der Waals surface area contributed by atoms with Gasteiger partial charge in [-0.3, -0.25) is 13.8 Å². The molecular weight excluding hydrogens is 294 g/mol. The van der Waals surface area contributed by atoms with E-state index in [-0.39, 0.29) is 17.3 Å². The molecule has 1 atom stereocenters. The van der Waals surface area contributed by atoms with Crippen molar-refractivity contribution in [2.45, 2.75) is 17.7 Å². The van der Waals surface area contributed by atoms with Crippen molar-refractivity contribution in [1.82, 2.24) is 4.98 Å². The topological polar surface area (TPSA) is 64.1 Å². The minimum atomic E-state index is -1.24. The number of rotatable bonds is 3. The van der Waals surface area contributed by atoms with Crippen LogP contribution < -0.4 is 0 Å². The summed E-state index contributed by atoms with van der Waals surface area (Å²) >= 11 is 1.08. The van der Waals surface area contributed by atoms with E-state index >= 15 is 0 Å². The Hall–Kier alpha value is -1.66. The molecule has 1 aliphatic carbocycles. The summed E-state index contributed by atoms with van der Waals surface area (Å²) in [6, 6.07) is 6.71. The zero-order valence-electron chi connectivity index (χ0n) is 10.7. The fourth-order valence-corrected chi connectivity index (χ4v) is 4.47. The Kier molecular flexibility index (Phi) is 3.35. The summed E-state index contributed by atoms with van der Waals surface area (Å²) in [5, 5.41) is 0. The zero-order chi connectivity index (χ0) is 14.3. The molecule has 2 aromatic rings. The fourth-order valence-electron chi connectivity index (χ4n) is 2.11. The predicted molar refractivity (Wildman–Crippen MR) is 77.0 cm³/mol. The molecule has 1 aliphatic rings. The highest BCUT2D eigenvalue weighted by molar-refractivity contribution is 7.87. The number of thiazole rings is 1. The van der Waals surface area contributed by atoms with Gasteiger partial charge in [0.1, 0.15) is 10.6 Å². The highest BCUT2D eigenvalue weighted by atomic mass is 32.2. The number of nitrogens with zero attached hydrogens (tertiary/aromatic N) is 1. The Labute approximate surface area is 122 Å². The molecule has 0 radical (unpaired) electrons. The van der Waals surface area contributed by atoms with Gasteiger partial charge < -0.3 is 0 Å². The summed E-state index contributed by atoms with van der Waals surface area (Å²) in [7, 11) is -1.24. The van der Waals surface area contributed by atoms with Crippen LogP contribution in [0.4, 0.5) is 0 Å². The molecule has 1 aromatic carbocycles. The van der Waals surface area contributed by atoms with E-state index in [1.807, 2.05) is 6.92 Å². The van der Waals surface area contributed by atoms with Crippen LogP contribution in [0.15, 0.2) is 28.6 Å². The first-order valence-electron chi connectivity index (χ1n) is 6.21. The number of ketones is 2. The number of benzene rings is 1. The van der Waals surface area contributed by atoms with E-state index in [0.29, 0.717) is 26.1 Å². The van der Waals surface area contributed by atoms with Crippen molar-refractivity contribution in [2.24, 2.45) is 0 Å². The van der Waals surface area contributed by atoms with Crippen molar-refractivity contribution in [1.29, 1.82) is 0 Å². The summed E-state index contributed by atoms with van der Waals surface area (Å²) in [5.41, 5.74) is 0.933. The van der Waals surface area contributed by atoms with Crippen LogP contribution in [0, 0.1) is 0 Å². The predicted octanol–water partition coefficient (Wildman–Crippen LogP) is 2.44. The molecule has 1 heterocycles. The third-order valence-corrected chi connectivity index (χ3v) is 5.95. The second-order valence-corrected chi connectivity index (χ2v) is 7.15. The lowest BCUT2D eigenvalue weighted by Crippen LogP contribution is -2.19. The van der Waals surface area contributed by atoms with Gasteiger partial charge in [-0.1, -0.05) is 31.2 Å². The van der Waals surface area contributed by atoms with E-state index in [1.165, 1.54) is 0 Å². The maximum atomic E-state index is 12.4. The number of carbonyl (C=O) groups excluding carboxylic acids is 2. The van der Waals surface area contributed by atoms with E-state index in [9.17, 15) is 13.8 Å². The van der Waals surface area contributed by atoms with Crippen LogP contribution in [0.3, 0.4) is 0 Å². The Morgan fingerprint density at radius 1 is 1.15 bits per heavy atom. The number of aromatic nitrogens is 1. The van der Waals surface area contributed by atoms with Crippen molar-refractivity contribution in [2.75, 3.05) is 5.75 Å². The summed E-state index contributed by atoms with van der Waals surface area (Å²) in [6.45, 7) is 1.93. The molecule has 0 amide bonds. The third-order valence-electron chi connectivity index (χ3n) is 3.03. The van der Waals surface area contributed by atoms with Gasteiger partial charge in [0.25, 0.3) is 0 Å². The van der Waals surface area contributed by atoms with Crippen LogP contribution in [0.2, 0.25) is 0 Å². The molecule has 0 spiro atoms. The van der Waals surface area contributed by atoms with Crippen molar-refractivity contribution in [3.63, 3.8) is 0 Å². The van der Waals surface area contributed by atoms with Crippen LogP contribution in [0.5, 0.6) is 0 Å². The van der Waals surface area contributed by atoms with Crippen LogP contribution in [0.25, 0.3) is 0 Å². The van der Waals surface area contributed by atoms with E-state index < -0.39 is 10.8 Å². The third kappa shape index (κ3) is 1.96. The minimum Gasteiger partial charge on any atom is -0.288 e. The van der Waals surface area contributed by atoms with E-state index in [4.69, 9.17) is 0 Å². The van der Waals surface area contributed by atoms with Crippen molar-refractivity contribution >= 4 is 33.7 Å². The van der Waals surface area contributed by atoms with Crippen LogP contribution in [-0.2, 0) is 10.8 Å². The van der Waals surface area contributed by atoms with Crippen molar-refractivity contribution in [3.8, 4) is 0 Å². The maximum Gasteiger partial charge on any atom is 0.213 e. The van der Waals surface area contributed by atoms with E-state index in [2.05, 4.69) is 4.98 Å². The lowest BCUT2D eigenvalue weighted by Gasteiger charge is -2.11. The maximum absolute atomic E-state index is 12.4. The van der Waals surface area contributed by atoms with Crippen molar-refractivity contribution < 1.29 is 13.8 Å². The molecule has 3 rings (SSSR count). The molecule has 0 fully saturated rings. The average Bonchev–Trinajstić information content (AvgIpc) is 2.91. The minimum absolute atomic E-state index is 0.151. The highest BCUT2D eigenvalue weighted by Crippen LogP contribution is 2.32. The summed E-state index contributed by atoms with van der Waals surface area (Å²) < 4.78 is 12.4. The average molecular weight is 305 g/mol. The van der Waals surface area contributed by atoms with Gasteiger partial charge in [-0.15, -0.1) is 11.3 Å². The number of carbonyl (C=O) groups is 2. The molecule has 0 aliphatic heterocycles. The number of hydrogen-bond acceptors (Lipinski definition) is 5. The summed E-state index contributed by atoms with van der Waals surface area (Å²) in [4.78, 5) is 29.2. The normalized spacial score (nSPS) is 14.8. The molecule has 1 aromatic heterocycles. The molecule has 6 heteroatoms. The second-order valence-electron chi connectivity index (χ2n) is 4.41. The number of fused-ring (bicyclic) bond motifs is 2. The molecular formula is C14H11NO3S2. The van der Waals surface area contributed by atoms with E-state index in [1.54, 1.807) is 24.3 Å². The van der Waals surface area contributed by atoms with Crippen LogP contribution in [-0.4, -0.2) is 26.5 Å². The Morgan fingerprint density at radius 2 is 1.80 bits per heavy atom. The van der Waals surface area contributed by atoms with Gasteiger partial charge in [-0.25, -0.2) is 4.98 Å². The van der Waals surface area contributed by atoms with Crippen LogP contribution >= 0.6 is 11.3 Å². The lowest BCUT2D eigenvalue weighted by molar-refractivity contribution is 0.0979. The summed E-state index contributed by atoms with van der Waals surface area (Å²) in [6.07, 6.45) is 0.763. The smallest absolute Gasteiger partial charge is 0.213 e. The van der Waals surface area contributed by atoms with E-state index in [0.717, 1.165) is 17.8 Å². The molecule has 20 heavy (non-hydrogen) atoms. The molecule has 0 N–H and O–H groups in total. The first kappa shape index (κ1) is 13.3. The van der Waals surface area contributed by atoms with Gasteiger partial charge in [-0.2, -0.15) is 0 Å². The van der Waals surface area contributed by atoms with Gasteiger partial charge in [0, 0.05) is 16.9 Å². The summed E-state index contributed by atoms with van der Waals surface area (Å²) in [5.74, 6) is 0.0282. The first-order chi connectivity index (χ1) is 9.63. The zero-order valence-corrected chi connectivity index (χ0v) is 12.3. The molecule has 4 nitrogen and oxygen atoms in total. The Balaban J connectivity index is 2.12. The molecule has 0 saturated carbocycles. The van der Waals surface area contributed by atoms with Crippen molar-refractivity contribution in [3.05, 3.63) is 46.0 Å². The second kappa shape index (κ2) is 5.03. The van der Waals surface area contributed by atoms with Gasteiger partial charge in [-0.05, 0) is 6.42 Å². The quantitative estimate of drug-likeness (QED) is 0.745.